The fraction of sp³-hybridized carbons (Fsp3) is 0.381. The first-order valence-electron chi connectivity index (χ1n) is 9.87. The van der Waals surface area contributed by atoms with E-state index in [0.717, 1.165) is 24.2 Å². The molecular weight excluding hydrogens is 388 g/mol. The number of nitrogens with zero attached hydrogens (tertiary/aromatic N) is 2. The van der Waals surface area contributed by atoms with Crippen LogP contribution in [0.3, 0.4) is 0 Å². The second kappa shape index (κ2) is 9.55. The summed E-state index contributed by atoms with van der Waals surface area (Å²) in [5.41, 5.74) is 1.86. The minimum absolute atomic E-state index is 0.111. The number of fused-ring (bicyclic) bond motifs is 1. The Morgan fingerprint density at radius 1 is 1.00 bits per heavy atom. The van der Waals surface area contributed by atoms with E-state index in [9.17, 15) is 9.59 Å². The molecular formula is C21H24N4O5. The summed E-state index contributed by atoms with van der Waals surface area (Å²) in [5.74, 6) is 0.0625. The number of pyridine rings is 1. The molecule has 1 aromatic heterocycles. The van der Waals surface area contributed by atoms with Crippen LogP contribution in [0.2, 0.25) is 0 Å². The number of benzene rings is 1. The molecule has 1 saturated heterocycles. The molecule has 3 heterocycles. The Labute approximate surface area is 174 Å². The van der Waals surface area contributed by atoms with Gasteiger partial charge in [-0.3, -0.25) is 19.5 Å². The molecule has 9 nitrogen and oxygen atoms in total. The highest BCUT2D eigenvalue weighted by Gasteiger charge is 2.26. The van der Waals surface area contributed by atoms with Crippen molar-refractivity contribution in [3.05, 3.63) is 53.9 Å². The van der Waals surface area contributed by atoms with Crippen molar-refractivity contribution < 1.29 is 23.8 Å². The van der Waals surface area contributed by atoms with Gasteiger partial charge in [-0.05, 0) is 35.4 Å². The molecule has 0 saturated carbocycles. The minimum Gasteiger partial charge on any atom is -0.454 e. The average molecular weight is 412 g/mol. The molecule has 1 fully saturated rings. The fourth-order valence-electron chi connectivity index (χ4n) is 3.50. The number of rotatable bonds is 6. The van der Waals surface area contributed by atoms with Crippen molar-refractivity contribution in [2.45, 2.75) is 12.6 Å². The highest BCUT2D eigenvalue weighted by molar-refractivity contribution is 6.35. The van der Waals surface area contributed by atoms with Crippen molar-refractivity contribution in [3.8, 4) is 11.5 Å². The van der Waals surface area contributed by atoms with Gasteiger partial charge in [-0.1, -0.05) is 6.07 Å². The van der Waals surface area contributed by atoms with E-state index in [0.29, 0.717) is 31.3 Å². The van der Waals surface area contributed by atoms with E-state index < -0.39 is 11.8 Å². The summed E-state index contributed by atoms with van der Waals surface area (Å²) >= 11 is 0. The minimum atomic E-state index is -0.668. The Morgan fingerprint density at radius 3 is 2.53 bits per heavy atom. The SMILES string of the molecule is O=C(NCc1ccncc1)C(=O)NC[C@@H](c1ccc2c(c1)OCO2)N1CCOCC1. The van der Waals surface area contributed by atoms with Crippen molar-refractivity contribution in [1.29, 1.82) is 0 Å². The Bertz CT molecular complexity index is 886. The Morgan fingerprint density at radius 2 is 1.73 bits per heavy atom. The van der Waals surface area contributed by atoms with E-state index in [1.54, 1.807) is 24.5 Å². The quantitative estimate of drug-likeness (QED) is 0.671. The number of hydrogen-bond acceptors (Lipinski definition) is 7. The smallest absolute Gasteiger partial charge is 0.309 e. The van der Waals surface area contributed by atoms with Crippen LogP contribution >= 0.6 is 0 Å². The first-order valence-corrected chi connectivity index (χ1v) is 9.87. The largest absolute Gasteiger partial charge is 0.454 e. The summed E-state index contributed by atoms with van der Waals surface area (Å²) in [5, 5.41) is 5.39. The van der Waals surface area contributed by atoms with Crippen LogP contribution in [0.5, 0.6) is 11.5 Å². The summed E-state index contributed by atoms with van der Waals surface area (Å²) in [4.78, 5) is 30.7. The van der Waals surface area contributed by atoms with Crippen molar-refractivity contribution in [2.24, 2.45) is 0 Å². The lowest BCUT2D eigenvalue weighted by atomic mass is 10.0. The second-order valence-electron chi connectivity index (χ2n) is 7.03. The highest BCUT2D eigenvalue weighted by Crippen LogP contribution is 2.35. The van der Waals surface area contributed by atoms with Gasteiger partial charge >= 0.3 is 11.8 Å². The Balaban J connectivity index is 1.39. The van der Waals surface area contributed by atoms with Crippen LogP contribution in [-0.2, 0) is 20.9 Å². The number of hydrogen-bond donors (Lipinski definition) is 2. The van der Waals surface area contributed by atoms with Gasteiger partial charge in [-0.2, -0.15) is 0 Å². The van der Waals surface area contributed by atoms with E-state index in [-0.39, 0.29) is 19.4 Å². The molecule has 0 spiro atoms. The topological polar surface area (TPSA) is 102 Å². The number of morpholine rings is 1. The molecule has 4 rings (SSSR count). The van der Waals surface area contributed by atoms with Crippen molar-refractivity contribution in [1.82, 2.24) is 20.5 Å². The van der Waals surface area contributed by atoms with E-state index in [4.69, 9.17) is 14.2 Å². The maximum atomic E-state index is 12.3. The van der Waals surface area contributed by atoms with Gasteiger partial charge in [-0.15, -0.1) is 0 Å². The number of carbonyl (C=O) groups is 2. The Kier molecular flexibility index (Phi) is 6.41. The van der Waals surface area contributed by atoms with Crippen LogP contribution in [0, 0.1) is 0 Å². The third-order valence-corrected chi connectivity index (χ3v) is 5.13. The van der Waals surface area contributed by atoms with Crippen molar-refractivity contribution >= 4 is 11.8 Å². The average Bonchev–Trinajstić information content (AvgIpc) is 3.27. The number of carbonyl (C=O) groups excluding carboxylic acids is 2. The van der Waals surface area contributed by atoms with Crippen LogP contribution in [-0.4, -0.2) is 61.3 Å². The van der Waals surface area contributed by atoms with Crippen LogP contribution in [0.4, 0.5) is 0 Å². The summed E-state index contributed by atoms with van der Waals surface area (Å²) in [7, 11) is 0. The molecule has 2 aliphatic heterocycles. The Hall–Kier alpha value is -3.17. The van der Waals surface area contributed by atoms with Gasteiger partial charge in [0.25, 0.3) is 0 Å². The van der Waals surface area contributed by atoms with Crippen molar-refractivity contribution in [2.75, 3.05) is 39.6 Å². The molecule has 1 atom stereocenters. The zero-order valence-corrected chi connectivity index (χ0v) is 16.5. The zero-order chi connectivity index (χ0) is 20.8. The normalized spacial score (nSPS) is 16.7. The fourth-order valence-corrected chi connectivity index (χ4v) is 3.50. The van der Waals surface area contributed by atoms with Gasteiger partial charge in [0.15, 0.2) is 11.5 Å². The molecule has 30 heavy (non-hydrogen) atoms. The van der Waals surface area contributed by atoms with Gasteiger partial charge in [0.05, 0.1) is 19.3 Å². The molecule has 2 N–H and O–H groups in total. The number of ether oxygens (including phenoxy) is 3. The van der Waals surface area contributed by atoms with Gasteiger partial charge in [-0.25, -0.2) is 0 Å². The lowest BCUT2D eigenvalue weighted by Gasteiger charge is -2.34. The molecule has 9 heteroatoms. The molecule has 1 aromatic carbocycles. The summed E-state index contributed by atoms with van der Waals surface area (Å²) in [6, 6.07) is 9.22. The lowest BCUT2D eigenvalue weighted by Crippen LogP contribution is -2.46. The zero-order valence-electron chi connectivity index (χ0n) is 16.5. The standard InChI is InChI=1S/C21H24N4O5/c26-20(23-12-15-3-5-22-6-4-15)21(27)24-13-17(25-7-9-28-10-8-25)16-1-2-18-19(11-16)30-14-29-18/h1-6,11,17H,7-10,12-14H2,(H,23,26)(H,24,27)/t17-/m0/s1. The molecule has 0 unspecified atom stereocenters. The number of nitrogens with one attached hydrogen (secondary N) is 2. The summed E-state index contributed by atoms with van der Waals surface area (Å²) in [6.45, 7) is 3.50. The third-order valence-electron chi connectivity index (χ3n) is 5.13. The van der Waals surface area contributed by atoms with E-state index in [1.165, 1.54) is 0 Å². The summed E-state index contributed by atoms with van der Waals surface area (Å²) < 4.78 is 16.3. The first-order chi connectivity index (χ1) is 14.7. The van der Waals surface area contributed by atoms with Crippen LogP contribution in [0.25, 0.3) is 0 Å². The molecule has 2 aliphatic rings. The van der Waals surface area contributed by atoms with E-state index in [2.05, 4.69) is 20.5 Å². The molecule has 158 valence electrons. The van der Waals surface area contributed by atoms with Gasteiger partial charge in [0, 0.05) is 38.6 Å². The lowest BCUT2D eigenvalue weighted by molar-refractivity contribution is -0.139. The molecule has 0 radical (unpaired) electrons. The van der Waals surface area contributed by atoms with E-state index in [1.807, 2.05) is 18.2 Å². The maximum absolute atomic E-state index is 12.3. The van der Waals surface area contributed by atoms with Crippen LogP contribution < -0.4 is 20.1 Å². The van der Waals surface area contributed by atoms with Gasteiger partial charge in [0.2, 0.25) is 6.79 Å². The van der Waals surface area contributed by atoms with Crippen molar-refractivity contribution in [3.63, 3.8) is 0 Å². The van der Waals surface area contributed by atoms with E-state index >= 15 is 0 Å². The maximum Gasteiger partial charge on any atom is 0.309 e. The predicted octanol–water partition coefficient (Wildman–Crippen LogP) is 0.616. The van der Waals surface area contributed by atoms with Gasteiger partial charge in [0.1, 0.15) is 0 Å². The molecule has 2 amide bonds. The van der Waals surface area contributed by atoms with Gasteiger partial charge < -0.3 is 24.8 Å². The van der Waals surface area contributed by atoms with Crippen LogP contribution in [0.1, 0.15) is 17.2 Å². The number of aromatic nitrogens is 1. The monoisotopic (exact) mass is 412 g/mol. The third kappa shape index (κ3) is 4.87. The summed E-state index contributed by atoms with van der Waals surface area (Å²) in [6.07, 6.45) is 3.28. The first kappa shape index (κ1) is 20.1. The second-order valence-corrected chi connectivity index (χ2v) is 7.03. The molecule has 2 aromatic rings. The molecule has 0 bridgehead atoms. The highest BCUT2D eigenvalue weighted by atomic mass is 16.7. The predicted molar refractivity (Wildman–Crippen MR) is 107 cm³/mol. The van der Waals surface area contributed by atoms with Crippen LogP contribution in [0.15, 0.2) is 42.7 Å². The molecule has 0 aliphatic carbocycles. The number of amides is 2.